The van der Waals surface area contributed by atoms with Crippen LogP contribution in [0.15, 0.2) is 18.2 Å². The van der Waals surface area contributed by atoms with Gasteiger partial charge in [0.05, 0.1) is 6.04 Å². The highest BCUT2D eigenvalue weighted by Gasteiger charge is 2.30. The first-order valence-corrected chi connectivity index (χ1v) is 11.1. The monoisotopic (exact) mass is 386 g/mol. The number of likely N-dealkylation sites (tertiary alicyclic amines) is 1. The van der Waals surface area contributed by atoms with Gasteiger partial charge >= 0.3 is 0 Å². The molecule has 5 heteroatoms. The Morgan fingerprint density at radius 3 is 2.29 bits per heavy atom. The number of likely N-dealkylation sites (N-methyl/N-ethyl adjacent to an activating group) is 1. The fraction of sp³-hybridized carbons (Fsp3) is 0.696. The Kier molecular flexibility index (Phi) is 7.49. The summed E-state index contributed by atoms with van der Waals surface area (Å²) in [7, 11) is 2.19. The van der Waals surface area contributed by atoms with E-state index >= 15 is 0 Å². The summed E-state index contributed by atoms with van der Waals surface area (Å²) in [5.41, 5.74) is 10.3. The van der Waals surface area contributed by atoms with Gasteiger partial charge in [-0.15, -0.1) is 0 Å². The van der Waals surface area contributed by atoms with E-state index in [1.165, 1.54) is 16.7 Å². The number of rotatable bonds is 6. The van der Waals surface area contributed by atoms with Crippen molar-refractivity contribution in [1.29, 1.82) is 0 Å². The van der Waals surface area contributed by atoms with Crippen LogP contribution >= 0.6 is 0 Å². The first kappa shape index (κ1) is 21.3. The van der Waals surface area contributed by atoms with E-state index in [2.05, 4.69) is 48.9 Å². The van der Waals surface area contributed by atoms with E-state index < -0.39 is 6.04 Å². The molecule has 1 unspecified atom stereocenters. The van der Waals surface area contributed by atoms with E-state index in [9.17, 15) is 4.79 Å². The summed E-state index contributed by atoms with van der Waals surface area (Å²) in [5, 5.41) is 0. The van der Waals surface area contributed by atoms with E-state index in [0.717, 1.165) is 65.0 Å². The van der Waals surface area contributed by atoms with Crippen molar-refractivity contribution in [2.45, 2.75) is 58.0 Å². The lowest BCUT2D eigenvalue weighted by Gasteiger charge is -2.42. The van der Waals surface area contributed by atoms with E-state index in [0.29, 0.717) is 12.5 Å². The molecule has 0 spiro atoms. The summed E-state index contributed by atoms with van der Waals surface area (Å²) in [6, 6.07) is 6.78. The number of carbonyl (C=O) groups is 1. The van der Waals surface area contributed by atoms with Crippen molar-refractivity contribution in [2.24, 2.45) is 5.73 Å². The van der Waals surface area contributed by atoms with Crippen LogP contribution in [0.3, 0.4) is 0 Å². The van der Waals surface area contributed by atoms with Crippen molar-refractivity contribution in [2.75, 3.05) is 46.3 Å². The largest absolute Gasteiger partial charge is 0.341 e. The molecule has 0 aliphatic carbocycles. The van der Waals surface area contributed by atoms with Crippen LogP contribution in [-0.4, -0.2) is 79.0 Å². The fourth-order valence-corrected chi connectivity index (χ4v) is 4.69. The van der Waals surface area contributed by atoms with Crippen LogP contribution in [0.4, 0.5) is 0 Å². The lowest BCUT2D eigenvalue weighted by atomic mass is 9.96. The van der Waals surface area contributed by atoms with Gasteiger partial charge in [0.15, 0.2) is 0 Å². The summed E-state index contributed by atoms with van der Waals surface area (Å²) in [6.07, 6.45) is 4.87. The van der Waals surface area contributed by atoms with Gasteiger partial charge in [-0.05, 0) is 55.8 Å². The van der Waals surface area contributed by atoms with E-state index in [1.54, 1.807) is 0 Å². The summed E-state index contributed by atoms with van der Waals surface area (Å²) >= 11 is 0. The molecule has 0 bridgehead atoms. The highest BCUT2D eigenvalue weighted by Crippen LogP contribution is 2.20. The molecule has 0 radical (unpaired) electrons. The minimum Gasteiger partial charge on any atom is -0.341 e. The molecule has 5 nitrogen and oxygen atoms in total. The number of piperazine rings is 1. The zero-order chi connectivity index (χ0) is 20.1. The van der Waals surface area contributed by atoms with Gasteiger partial charge in [0.1, 0.15) is 0 Å². The number of amides is 1. The molecule has 2 heterocycles. The third-order valence-corrected chi connectivity index (χ3v) is 6.64. The standard InChI is InChI=1S/C23H38N4O/c1-4-19-7-6-18(16-20(19)5-2)17-22(24)23(28)27-10-8-21(9-11-27)26-14-12-25(3)13-15-26/h6-7,16,21-22H,4-5,8-15,17,24H2,1-3H3. The first-order chi connectivity index (χ1) is 13.5. The predicted octanol–water partition coefficient (Wildman–Crippen LogP) is 1.92. The van der Waals surface area contributed by atoms with Gasteiger partial charge in [0.2, 0.25) is 5.91 Å². The third-order valence-electron chi connectivity index (χ3n) is 6.64. The van der Waals surface area contributed by atoms with Gasteiger partial charge in [-0.25, -0.2) is 0 Å². The number of aryl methyl sites for hydroxylation is 2. The number of hydrogen-bond donors (Lipinski definition) is 1. The lowest BCUT2D eigenvalue weighted by Crippen LogP contribution is -2.54. The van der Waals surface area contributed by atoms with Crippen molar-refractivity contribution < 1.29 is 4.79 Å². The number of nitrogens with zero attached hydrogens (tertiary/aromatic N) is 3. The SMILES string of the molecule is CCc1ccc(CC(N)C(=O)N2CCC(N3CCN(C)CC3)CC2)cc1CC. The quantitative estimate of drug-likeness (QED) is 0.812. The second kappa shape index (κ2) is 9.86. The van der Waals surface area contributed by atoms with Crippen LogP contribution in [0.25, 0.3) is 0 Å². The lowest BCUT2D eigenvalue weighted by molar-refractivity contribution is -0.134. The normalized spacial score (nSPS) is 21.1. The number of benzene rings is 1. The van der Waals surface area contributed by atoms with Crippen molar-refractivity contribution >= 4 is 5.91 Å². The molecular formula is C23H38N4O. The number of carbonyl (C=O) groups excluding carboxylic acids is 1. The van der Waals surface area contributed by atoms with Crippen molar-refractivity contribution in [1.82, 2.24) is 14.7 Å². The van der Waals surface area contributed by atoms with Crippen molar-refractivity contribution in [3.63, 3.8) is 0 Å². The second-order valence-corrected chi connectivity index (χ2v) is 8.52. The Morgan fingerprint density at radius 2 is 1.68 bits per heavy atom. The fourth-order valence-electron chi connectivity index (χ4n) is 4.69. The summed E-state index contributed by atoms with van der Waals surface area (Å²) in [5.74, 6) is 0.120. The summed E-state index contributed by atoms with van der Waals surface area (Å²) in [6.45, 7) is 10.7. The van der Waals surface area contributed by atoms with Gasteiger partial charge in [0, 0.05) is 45.3 Å². The molecule has 0 saturated carbocycles. The molecule has 1 aromatic carbocycles. The zero-order valence-electron chi connectivity index (χ0n) is 18.0. The summed E-state index contributed by atoms with van der Waals surface area (Å²) < 4.78 is 0. The smallest absolute Gasteiger partial charge is 0.239 e. The van der Waals surface area contributed by atoms with Gasteiger partial charge in [-0.3, -0.25) is 9.69 Å². The Hall–Kier alpha value is -1.43. The Balaban J connectivity index is 1.50. The average molecular weight is 387 g/mol. The maximum Gasteiger partial charge on any atom is 0.239 e. The van der Waals surface area contributed by atoms with Gasteiger partial charge in [0.25, 0.3) is 0 Å². The third kappa shape index (κ3) is 5.13. The van der Waals surface area contributed by atoms with E-state index in [1.807, 2.05) is 4.90 Å². The maximum atomic E-state index is 12.9. The summed E-state index contributed by atoms with van der Waals surface area (Å²) in [4.78, 5) is 19.9. The Bertz CT molecular complexity index is 646. The van der Waals surface area contributed by atoms with Crippen LogP contribution in [0.5, 0.6) is 0 Å². The van der Waals surface area contributed by atoms with Crippen LogP contribution in [0, 0.1) is 0 Å². The molecule has 2 aliphatic heterocycles. The van der Waals surface area contributed by atoms with Crippen molar-refractivity contribution in [3.05, 3.63) is 34.9 Å². The molecule has 0 aromatic heterocycles. The molecule has 2 N–H and O–H groups in total. The Labute approximate surface area is 170 Å². The van der Waals surface area contributed by atoms with Gasteiger partial charge < -0.3 is 15.5 Å². The van der Waals surface area contributed by atoms with Crippen LogP contribution in [0.1, 0.15) is 43.4 Å². The first-order valence-electron chi connectivity index (χ1n) is 11.1. The maximum absolute atomic E-state index is 12.9. The number of nitrogens with two attached hydrogens (primary N) is 1. The van der Waals surface area contributed by atoms with Crippen LogP contribution < -0.4 is 5.73 Å². The highest BCUT2D eigenvalue weighted by atomic mass is 16.2. The molecule has 3 rings (SSSR count). The molecule has 1 amide bonds. The average Bonchev–Trinajstić information content (AvgIpc) is 2.73. The molecule has 2 saturated heterocycles. The van der Waals surface area contributed by atoms with Crippen LogP contribution in [-0.2, 0) is 24.1 Å². The molecule has 1 aromatic rings. The molecule has 2 aliphatic rings. The highest BCUT2D eigenvalue weighted by molar-refractivity contribution is 5.82. The van der Waals surface area contributed by atoms with Crippen molar-refractivity contribution in [3.8, 4) is 0 Å². The van der Waals surface area contributed by atoms with E-state index in [4.69, 9.17) is 5.73 Å². The number of piperidine rings is 1. The molecule has 1 atom stereocenters. The second-order valence-electron chi connectivity index (χ2n) is 8.52. The molecule has 2 fully saturated rings. The van der Waals surface area contributed by atoms with E-state index in [-0.39, 0.29) is 5.91 Å². The molecule has 156 valence electrons. The van der Waals surface area contributed by atoms with Crippen LogP contribution in [0.2, 0.25) is 0 Å². The van der Waals surface area contributed by atoms with Gasteiger partial charge in [-0.1, -0.05) is 32.0 Å². The Morgan fingerprint density at radius 1 is 1.04 bits per heavy atom. The van der Waals surface area contributed by atoms with Gasteiger partial charge in [-0.2, -0.15) is 0 Å². The number of hydrogen-bond acceptors (Lipinski definition) is 4. The topological polar surface area (TPSA) is 52.8 Å². The zero-order valence-corrected chi connectivity index (χ0v) is 18.0. The minimum atomic E-state index is -0.433. The molecule has 28 heavy (non-hydrogen) atoms. The molecular weight excluding hydrogens is 348 g/mol. The predicted molar refractivity (Wildman–Crippen MR) is 116 cm³/mol. The minimum absolute atomic E-state index is 0.120.